The van der Waals surface area contributed by atoms with Gasteiger partial charge in [-0.25, -0.2) is 9.78 Å². The second-order valence-electron chi connectivity index (χ2n) is 4.37. The molecule has 2 rings (SSSR count). The highest BCUT2D eigenvalue weighted by molar-refractivity contribution is 5.87. The van der Waals surface area contributed by atoms with Gasteiger partial charge in [0.25, 0.3) is 0 Å². The Kier molecular flexibility index (Phi) is 4.20. The van der Waals surface area contributed by atoms with Crippen LogP contribution in [0, 0.1) is 0 Å². The minimum atomic E-state index is -1.01. The van der Waals surface area contributed by atoms with Gasteiger partial charge in [-0.3, -0.25) is 0 Å². The molecule has 0 saturated carbocycles. The summed E-state index contributed by atoms with van der Waals surface area (Å²) in [6.07, 6.45) is 1.48. The zero-order chi connectivity index (χ0) is 14.5. The van der Waals surface area contributed by atoms with E-state index < -0.39 is 5.97 Å². The van der Waals surface area contributed by atoms with Crippen molar-refractivity contribution in [3.8, 4) is 5.75 Å². The topological polar surface area (TPSA) is 62.7 Å². The molecule has 5 heteroatoms. The molecular weight excluding hydrogens is 256 g/mol. The van der Waals surface area contributed by atoms with Gasteiger partial charge in [0.05, 0.1) is 7.11 Å². The quantitative estimate of drug-likeness (QED) is 0.905. The first-order valence-electron chi connectivity index (χ1n) is 6.14. The summed E-state index contributed by atoms with van der Waals surface area (Å²) in [5.74, 6) is -0.251. The molecule has 0 amide bonds. The van der Waals surface area contributed by atoms with E-state index in [2.05, 4.69) is 4.98 Å². The van der Waals surface area contributed by atoms with Crippen LogP contribution >= 0.6 is 0 Å². The number of aromatic nitrogens is 1. The number of ether oxygens (including phenoxy) is 1. The molecule has 104 valence electrons. The van der Waals surface area contributed by atoms with Crippen LogP contribution in [0.2, 0.25) is 0 Å². The van der Waals surface area contributed by atoms with Crippen molar-refractivity contribution in [3.05, 3.63) is 53.9 Å². The fourth-order valence-electron chi connectivity index (χ4n) is 1.95. The summed E-state index contributed by atoms with van der Waals surface area (Å²) in [5.41, 5.74) is 1.71. The molecule has 0 bridgehead atoms. The van der Waals surface area contributed by atoms with Crippen molar-refractivity contribution < 1.29 is 14.6 Å². The van der Waals surface area contributed by atoms with Crippen LogP contribution in [-0.4, -0.2) is 30.2 Å². The highest BCUT2D eigenvalue weighted by Crippen LogP contribution is 2.21. The first-order chi connectivity index (χ1) is 9.61. The molecule has 0 fully saturated rings. The summed E-state index contributed by atoms with van der Waals surface area (Å²) in [7, 11) is 3.51. The van der Waals surface area contributed by atoms with E-state index in [0.29, 0.717) is 12.1 Å². The second-order valence-corrected chi connectivity index (χ2v) is 4.37. The van der Waals surface area contributed by atoms with Crippen molar-refractivity contribution in [3.63, 3.8) is 0 Å². The zero-order valence-electron chi connectivity index (χ0n) is 11.4. The summed E-state index contributed by atoms with van der Waals surface area (Å²) in [6.45, 7) is 0.461. The van der Waals surface area contributed by atoms with E-state index >= 15 is 0 Å². The average molecular weight is 272 g/mol. The number of hydrogen-bond acceptors (Lipinski definition) is 4. The molecule has 0 atom stereocenters. The van der Waals surface area contributed by atoms with Crippen LogP contribution < -0.4 is 9.64 Å². The molecule has 0 aliphatic heterocycles. The van der Waals surface area contributed by atoms with Crippen LogP contribution in [0.5, 0.6) is 5.75 Å². The second kappa shape index (κ2) is 6.06. The molecule has 1 N–H and O–H groups in total. The van der Waals surface area contributed by atoms with Gasteiger partial charge in [-0.1, -0.05) is 12.1 Å². The molecule has 0 saturated heterocycles. The lowest BCUT2D eigenvalue weighted by Gasteiger charge is -2.20. The molecule has 0 unspecified atom stereocenters. The zero-order valence-corrected chi connectivity index (χ0v) is 11.4. The SMILES string of the molecule is COc1cccc(N(C)Cc2cccnc2C(=O)O)c1. The Bertz CT molecular complexity index is 614. The summed E-state index contributed by atoms with van der Waals surface area (Å²) >= 11 is 0. The number of methoxy groups -OCH3 is 1. The monoisotopic (exact) mass is 272 g/mol. The third kappa shape index (κ3) is 3.06. The Hall–Kier alpha value is -2.56. The van der Waals surface area contributed by atoms with Gasteiger partial charge in [0.15, 0.2) is 5.69 Å². The van der Waals surface area contributed by atoms with E-state index in [-0.39, 0.29) is 5.69 Å². The first kappa shape index (κ1) is 13.9. The predicted octanol–water partition coefficient (Wildman–Crippen LogP) is 2.42. The van der Waals surface area contributed by atoms with E-state index in [1.54, 1.807) is 19.2 Å². The van der Waals surface area contributed by atoms with Crippen LogP contribution in [0.15, 0.2) is 42.6 Å². The molecule has 0 radical (unpaired) electrons. The smallest absolute Gasteiger partial charge is 0.354 e. The van der Waals surface area contributed by atoms with Crippen LogP contribution in [0.4, 0.5) is 5.69 Å². The van der Waals surface area contributed by atoms with Crippen molar-refractivity contribution in [2.45, 2.75) is 6.54 Å². The summed E-state index contributed by atoms with van der Waals surface area (Å²) in [6, 6.07) is 11.1. The van der Waals surface area contributed by atoms with E-state index in [1.165, 1.54) is 6.20 Å². The molecule has 0 aliphatic rings. The number of aromatic carboxylic acids is 1. The standard InChI is InChI=1S/C15H16N2O3/c1-17(12-6-3-7-13(9-12)20-2)10-11-5-4-8-16-14(11)15(18)19/h3-9H,10H2,1-2H3,(H,18,19). The average Bonchev–Trinajstić information content (AvgIpc) is 2.47. The first-order valence-corrected chi connectivity index (χ1v) is 6.14. The van der Waals surface area contributed by atoms with Gasteiger partial charge in [-0.05, 0) is 18.2 Å². The van der Waals surface area contributed by atoms with Crippen LogP contribution in [0.1, 0.15) is 16.1 Å². The third-order valence-electron chi connectivity index (χ3n) is 3.00. The maximum absolute atomic E-state index is 11.1. The van der Waals surface area contributed by atoms with Crippen molar-refractivity contribution >= 4 is 11.7 Å². The Labute approximate surface area is 117 Å². The van der Waals surface area contributed by atoms with Crippen molar-refractivity contribution in [1.82, 2.24) is 4.98 Å². The van der Waals surface area contributed by atoms with Gasteiger partial charge in [0.2, 0.25) is 0 Å². The number of carboxylic acids is 1. The van der Waals surface area contributed by atoms with Crippen molar-refractivity contribution in [1.29, 1.82) is 0 Å². The molecule has 1 aromatic heterocycles. The van der Waals surface area contributed by atoms with E-state index in [4.69, 9.17) is 9.84 Å². The number of anilines is 1. The van der Waals surface area contributed by atoms with Crippen LogP contribution in [0.25, 0.3) is 0 Å². The van der Waals surface area contributed by atoms with Crippen LogP contribution in [-0.2, 0) is 6.54 Å². The molecule has 2 aromatic rings. The number of carboxylic acid groups (broad SMARTS) is 1. The normalized spacial score (nSPS) is 10.1. The molecule has 1 heterocycles. The Morgan fingerprint density at radius 1 is 1.35 bits per heavy atom. The van der Waals surface area contributed by atoms with E-state index in [1.807, 2.05) is 36.2 Å². The van der Waals surface area contributed by atoms with E-state index in [0.717, 1.165) is 11.4 Å². The molecule has 1 aromatic carbocycles. The van der Waals surface area contributed by atoms with Gasteiger partial charge in [-0.15, -0.1) is 0 Å². The minimum Gasteiger partial charge on any atom is -0.497 e. The molecule has 0 spiro atoms. The number of rotatable bonds is 5. The number of nitrogens with zero attached hydrogens (tertiary/aromatic N) is 2. The van der Waals surface area contributed by atoms with Gasteiger partial charge in [0, 0.05) is 37.1 Å². The van der Waals surface area contributed by atoms with Gasteiger partial charge in [-0.2, -0.15) is 0 Å². The van der Waals surface area contributed by atoms with Crippen LogP contribution in [0.3, 0.4) is 0 Å². The summed E-state index contributed by atoms with van der Waals surface area (Å²) < 4.78 is 5.18. The third-order valence-corrected chi connectivity index (χ3v) is 3.00. The number of pyridine rings is 1. The lowest BCUT2D eigenvalue weighted by atomic mass is 10.1. The molecule has 20 heavy (non-hydrogen) atoms. The summed E-state index contributed by atoms with van der Waals surface area (Å²) in [4.78, 5) is 17.0. The van der Waals surface area contributed by atoms with Crippen molar-refractivity contribution in [2.24, 2.45) is 0 Å². The number of benzene rings is 1. The molecular formula is C15H16N2O3. The summed E-state index contributed by atoms with van der Waals surface area (Å²) in [5, 5.41) is 9.13. The minimum absolute atomic E-state index is 0.0854. The fraction of sp³-hybridized carbons (Fsp3) is 0.200. The fourth-order valence-corrected chi connectivity index (χ4v) is 1.95. The molecule has 5 nitrogen and oxygen atoms in total. The Balaban J connectivity index is 2.23. The highest BCUT2D eigenvalue weighted by Gasteiger charge is 2.13. The van der Waals surface area contributed by atoms with Gasteiger partial charge in [0.1, 0.15) is 5.75 Å². The lowest BCUT2D eigenvalue weighted by Crippen LogP contribution is -2.19. The van der Waals surface area contributed by atoms with E-state index in [9.17, 15) is 4.79 Å². The maximum atomic E-state index is 11.1. The largest absolute Gasteiger partial charge is 0.497 e. The van der Waals surface area contributed by atoms with Gasteiger partial charge < -0.3 is 14.7 Å². The Morgan fingerprint density at radius 3 is 2.85 bits per heavy atom. The Morgan fingerprint density at radius 2 is 2.15 bits per heavy atom. The number of carbonyl (C=O) groups is 1. The van der Waals surface area contributed by atoms with Crippen molar-refractivity contribution in [2.75, 3.05) is 19.1 Å². The maximum Gasteiger partial charge on any atom is 0.354 e. The highest BCUT2D eigenvalue weighted by atomic mass is 16.5. The molecule has 0 aliphatic carbocycles. The number of hydrogen-bond donors (Lipinski definition) is 1. The predicted molar refractivity (Wildman–Crippen MR) is 76.3 cm³/mol. The lowest BCUT2D eigenvalue weighted by molar-refractivity contribution is 0.0689. The van der Waals surface area contributed by atoms with Gasteiger partial charge >= 0.3 is 5.97 Å².